The highest BCUT2D eigenvalue weighted by atomic mass is 16.4. The predicted octanol–water partition coefficient (Wildman–Crippen LogP) is 2.69. The number of carboxylic acid groups (broad SMARTS) is 1. The van der Waals surface area contributed by atoms with E-state index in [2.05, 4.69) is 0 Å². The predicted molar refractivity (Wildman–Crippen MR) is 73.9 cm³/mol. The maximum Gasteiger partial charge on any atom is 0.331 e. The third kappa shape index (κ3) is 3.56. The zero-order chi connectivity index (χ0) is 14.7. The van der Waals surface area contributed by atoms with Crippen molar-refractivity contribution in [3.63, 3.8) is 0 Å². The van der Waals surface area contributed by atoms with Gasteiger partial charge < -0.3 is 10.0 Å². The molecule has 4 nitrogen and oxygen atoms in total. The maximum atomic E-state index is 11.7. The van der Waals surface area contributed by atoms with E-state index < -0.39 is 12.0 Å². The van der Waals surface area contributed by atoms with Gasteiger partial charge in [-0.1, -0.05) is 29.3 Å². The highest BCUT2D eigenvalue weighted by Gasteiger charge is 2.31. The lowest BCUT2D eigenvalue weighted by atomic mass is 9.99. The van der Waals surface area contributed by atoms with E-state index in [1.54, 1.807) is 0 Å². The van der Waals surface area contributed by atoms with Crippen LogP contribution in [0.5, 0.6) is 0 Å². The molecule has 104 valence electrons. The molecule has 19 heavy (non-hydrogen) atoms. The Labute approximate surface area is 114 Å². The van der Waals surface area contributed by atoms with Gasteiger partial charge in [0.1, 0.15) is 0 Å². The fraction of sp³-hybridized carbons (Fsp3) is 0.467. The van der Waals surface area contributed by atoms with Crippen LogP contribution in [0.15, 0.2) is 18.2 Å². The van der Waals surface area contributed by atoms with Crippen LogP contribution in [0.1, 0.15) is 43.5 Å². The summed E-state index contributed by atoms with van der Waals surface area (Å²) in [6.45, 7) is 8.88. The summed E-state index contributed by atoms with van der Waals surface area (Å²) in [4.78, 5) is 24.7. The Kier molecular flexibility index (Phi) is 4.70. The Morgan fingerprint density at radius 1 is 1.11 bits per heavy atom. The number of hydrogen-bond acceptors (Lipinski definition) is 2. The SMILES string of the molecule is CC(=O)N(C(C)C)C(C(=O)O)c1cc(C)cc(C)c1. The Balaban J connectivity index is 3.34. The summed E-state index contributed by atoms with van der Waals surface area (Å²) in [5, 5.41) is 9.48. The average Bonchev–Trinajstić information content (AvgIpc) is 2.22. The normalized spacial score (nSPS) is 12.3. The summed E-state index contributed by atoms with van der Waals surface area (Å²) in [6, 6.07) is 4.53. The van der Waals surface area contributed by atoms with Gasteiger partial charge in [-0.05, 0) is 33.3 Å². The molecule has 0 fully saturated rings. The van der Waals surface area contributed by atoms with Gasteiger partial charge in [0.25, 0.3) is 0 Å². The van der Waals surface area contributed by atoms with Gasteiger partial charge in [-0.25, -0.2) is 4.79 Å². The number of hydrogen-bond donors (Lipinski definition) is 1. The van der Waals surface area contributed by atoms with Gasteiger partial charge in [0.2, 0.25) is 5.91 Å². The zero-order valence-electron chi connectivity index (χ0n) is 12.1. The Hall–Kier alpha value is -1.84. The van der Waals surface area contributed by atoms with Crippen molar-refractivity contribution < 1.29 is 14.7 Å². The van der Waals surface area contributed by atoms with Crippen molar-refractivity contribution in [3.05, 3.63) is 34.9 Å². The summed E-state index contributed by atoms with van der Waals surface area (Å²) >= 11 is 0. The molecular weight excluding hydrogens is 242 g/mol. The van der Waals surface area contributed by atoms with Gasteiger partial charge in [-0.2, -0.15) is 0 Å². The van der Waals surface area contributed by atoms with Crippen LogP contribution in [0.2, 0.25) is 0 Å². The molecular formula is C15H21NO3. The molecule has 4 heteroatoms. The second-order valence-electron chi connectivity index (χ2n) is 5.18. The number of aryl methyl sites for hydroxylation is 2. The molecule has 1 unspecified atom stereocenters. The molecule has 1 aromatic rings. The second-order valence-corrected chi connectivity index (χ2v) is 5.18. The van der Waals surface area contributed by atoms with E-state index in [0.717, 1.165) is 11.1 Å². The molecule has 1 N–H and O–H groups in total. The number of carboxylic acids is 1. The number of amides is 1. The molecule has 1 aromatic carbocycles. The molecule has 1 amide bonds. The highest BCUT2D eigenvalue weighted by Crippen LogP contribution is 2.25. The highest BCUT2D eigenvalue weighted by molar-refractivity contribution is 5.83. The van der Waals surface area contributed by atoms with Crippen molar-refractivity contribution in [2.24, 2.45) is 0 Å². The molecule has 0 aliphatic carbocycles. The van der Waals surface area contributed by atoms with Crippen LogP contribution in [0.3, 0.4) is 0 Å². The molecule has 0 aromatic heterocycles. The summed E-state index contributed by atoms with van der Waals surface area (Å²) < 4.78 is 0. The Bertz CT molecular complexity index is 474. The third-order valence-corrected chi connectivity index (χ3v) is 2.99. The summed E-state index contributed by atoms with van der Waals surface area (Å²) in [5.41, 5.74) is 2.64. The van der Waals surface area contributed by atoms with E-state index in [-0.39, 0.29) is 11.9 Å². The lowest BCUT2D eigenvalue weighted by Crippen LogP contribution is -2.42. The van der Waals surface area contributed by atoms with Crippen LogP contribution < -0.4 is 0 Å². The first-order valence-corrected chi connectivity index (χ1v) is 6.34. The molecule has 0 saturated carbocycles. The Morgan fingerprint density at radius 2 is 1.58 bits per heavy atom. The van der Waals surface area contributed by atoms with Crippen LogP contribution in [-0.4, -0.2) is 27.9 Å². The molecule has 0 aliphatic heterocycles. The topological polar surface area (TPSA) is 57.6 Å². The van der Waals surface area contributed by atoms with Crippen molar-refractivity contribution in [1.82, 2.24) is 4.90 Å². The maximum absolute atomic E-state index is 11.7. The van der Waals surface area contributed by atoms with E-state index in [4.69, 9.17) is 0 Å². The molecule has 1 atom stereocenters. The largest absolute Gasteiger partial charge is 0.479 e. The van der Waals surface area contributed by atoms with E-state index in [0.29, 0.717) is 5.56 Å². The first-order chi connectivity index (χ1) is 8.73. The fourth-order valence-corrected chi connectivity index (χ4v) is 2.43. The number of carbonyl (C=O) groups is 2. The Morgan fingerprint density at radius 3 is 1.89 bits per heavy atom. The lowest BCUT2D eigenvalue weighted by Gasteiger charge is -2.32. The minimum atomic E-state index is -1.01. The van der Waals surface area contributed by atoms with Crippen molar-refractivity contribution >= 4 is 11.9 Å². The van der Waals surface area contributed by atoms with Gasteiger partial charge in [0.15, 0.2) is 6.04 Å². The number of aliphatic carboxylic acids is 1. The molecule has 1 rings (SSSR count). The zero-order valence-corrected chi connectivity index (χ0v) is 12.1. The average molecular weight is 263 g/mol. The molecule has 0 heterocycles. The molecule has 0 radical (unpaired) electrons. The van der Waals surface area contributed by atoms with Crippen molar-refractivity contribution in [1.29, 1.82) is 0 Å². The standard InChI is InChI=1S/C15H21NO3/c1-9(2)16(12(5)17)14(15(18)19)13-7-10(3)6-11(4)8-13/h6-9,14H,1-5H3,(H,18,19). The van der Waals surface area contributed by atoms with Crippen molar-refractivity contribution in [2.45, 2.75) is 46.7 Å². The van der Waals surface area contributed by atoms with Gasteiger partial charge >= 0.3 is 5.97 Å². The summed E-state index contributed by atoms with van der Waals surface area (Å²) in [7, 11) is 0. The van der Waals surface area contributed by atoms with E-state index >= 15 is 0 Å². The van der Waals surface area contributed by atoms with Crippen molar-refractivity contribution in [3.8, 4) is 0 Å². The van der Waals surface area contributed by atoms with E-state index in [1.165, 1.54) is 11.8 Å². The lowest BCUT2D eigenvalue weighted by molar-refractivity contribution is -0.151. The molecule has 0 spiro atoms. The minimum Gasteiger partial charge on any atom is -0.479 e. The van der Waals surface area contributed by atoms with Crippen LogP contribution in [0.4, 0.5) is 0 Å². The van der Waals surface area contributed by atoms with Crippen LogP contribution >= 0.6 is 0 Å². The first kappa shape index (κ1) is 15.2. The van der Waals surface area contributed by atoms with Crippen LogP contribution in [0, 0.1) is 13.8 Å². The summed E-state index contributed by atoms with van der Waals surface area (Å²) in [5.74, 6) is -1.24. The van der Waals surface area contributed by atoms with Gasteiger partial charge in [0.05, 0.1) is 0 Å². The third-order valence-electron chi connectivity index (χ3n) is 2.99. The molecule has 0 bridgehead atoms. The van der Waals surface area contributed by atoms with Crippen LogP contribution in [0.25, 0.3) is 0 Å². The first-order valence-electron chi connectivity index (χ1n) is 6.34. The molecule has 0 aliphatic rings. The van der Waals surface area contributed by atoms with Gasteiger partial charge in [0, 0.05) is 13.0 Å². The fourth-order valence-electron chi connectivity index (χ4n) is 2.43. The number of rotatable bonds is 4. The quantitative estimate of drug-likeness (QED) is 0.908. The van der Waals surface area contributed by atoms with Crippen LogP contribution in [-0.2, 0) is 9.59 Å². The second kappa shape index (κ2) is 5.87. The number of carbonyl (C=O) groups excluding carboxylic acids is 1. The smallest absolute Gasteiger partial charge is 0.331 e. The monoisotopic (exact) mass is 263 g/mol. The van der Waals surface area contributed by atoms with Gasteiger partial charge in [-0.15, -0.1) is 0 Å². The van der Waals surface area contributed by atoms with E-state index in [9.17, 15) is 14.7 Å². The summed E-state index contributed by atoms with van der Waals surface area (Å²) in [6.07, 6.45) is 0. The molecule has 0 saturated heterocycles. The number of benzene rings is 1. The van der Waals surface area contributed by atoms with Crippen molar-refractivity contribution in [2.75, 3.05) is 0 Å². The van der Waals surface area contributed by atoms with Gasteiger partial charge in [-0.3, -0.25) is 4.79 Å². The number of nitrogens with zero attached hydrogens (tertiary/aromatic N) is 1. The van der Waals surface area contributed by atoms with E-state index in [1.807, 2.05) is 45.9 Å². The minimum absolute atomic E-state index is 0.167.